The Morgan fingerprint density at radius 1 is 1.50 bits per heavy atom. The molecule has 0 aliphatic rings. The molecular weight excluding hydrogens is 222 g/mol. The van der Waals surface area contributed by atoms with E-state index in [9.17, 15) is 4.79 Å². The van der Waals surface area contributed by atoms with Crippen molar-refractivity contribution >= 4 is 17.9 Å². The first-order chi connectivity index (χ1) is 7.67. The maximum atomic E-state index is 11.1. The number of ether oxygens (including phenoxy) is 1. The van der Waals surface area contributed by atoms with Gasteiger partial charge in [0.05, 0.1) is 4.90 Å². The van der Waals surface area contributed by atoms with Crippen LogP contribution >= 0.6 is 11.8 Å². The Hall–Kier alpha value is -1.16. The summed E-state index contributed by atoms with van der Waals surface area (Å²) in [7, 11) is 1.55. The standard InChI is InChI=1S/C12H17NO2S/c1-4-9(2)16-11-8-6-5-7-10(11)15-12(14)13-3/h5-9H,4H2,1-3H3,(H,13,14). The summed E-state index contributed by atoms with van der Waals surface area (Å²) in [6, 6.07) is 7.58. The fourth-order valence-corrected chi connectivity index (χ4v) is 2.07. The highest BCUT2D eigenvalue weighted by molar-refractivity contribution is 8.00. The van der Waals surface area contributed by atoms with Gasteiger partial charge < -0.3 is 10.1 Å². The fourth-order valence-electron chi connectivity index (χ4n) is 1.08. The van der Waals surface area contributed by atoms with Crippen LogP contribution in [-0.4, -0.2) is 18.4 Å². The van der Waals surface area contributed by atoms with E-state index in [0.29, 0.717) is 11.0 Å². The van der Waals surface area contributed by atoms with Gasteiger partial charge in [-0.15, -0.1) is 11.8 Å². The van der Waals surface area contributed by atoms with Crippen molar-refractivity contribution in [2.45, 2.75) is 30.4 Å². The monoisotopic (exact) mass is 239 g/mol. The topological polar surface area (TPSA) is 38.3 Å². The van der Waals surface area contributed by atoms with Crippen LogP contribution in [0.5, 0.6) is 5.75 Å². The first-order valence-electron chi connectivity index (χ1n) is 5.32. The molecule has 1 aromatic carbocycles. The largest absolute Gasteiger partial charge is 0.412 e. The van der Waals surface area contributed by atoms with E-state index >= 15 is 0 Å². The molecule has 1 amide bonds. The van der Waals surface area contributed by atoms with E-state index < -0.39 is 6.09 Å². The summed E-state index contributed by atoms with van der Waals surface area (Å²) >= 11 is 1.72. The predicted octanol–water partition coefficient (Wildman–Crippen LogP) is 3.30. The van der Waals surface area contributed by atoms with Crippen LogP contribution in [0.25, 0.3) is 0 Å². The van der Waals surface area contributed by atoms with Crippen molar-refractivity contribution in [2.75, 3.05) is 7.05 Å². The number of amides is 1. The minimum atomic E-state index is -0.433. The molecule has 0 aliphatic heterocycles. The highest BCUT2D eigenvalue weighted by Gasteiger charge is 2.10. The number of rotatable bonds is 4. The van der Waals surface area contributed by atoms with Crippen LogP contribution in [0.4, 0.5) is 4.79 Å². The van der Waals surface area contributed by atoms with E-state index in [0.717, 1.165) is 11.3 Å². The lowest BCUT2D eigenvalue weighted by Crippen LogP contribution is -2.22. The highest BCUT2D eigenvalue weighted by Crippen LogP contribution is 2.33. The molecule has 4 heteroatoms. The zero-order valence-electron chi connectivity index (χ0n) is 9.82. The first kappa shape index (κ1) is 12.9. The normalized spacial score (nSPS) is 11.9. The highest BCUT2D eigenvalue weighted by atomic mass is 32.2. The van der Waals surface area contributed by atoms with Crippen LogP contribution in [-0.2, 0) is 0 Å². The van der Waals surface area contributed by atoms with Crippen molar-refractivity contribution in [2.24, 2.45) is 0 Å². The predicted molar refractivity (Wildman–Crippen MR) is 67.1 cm³/mol. The number of para-hydroxylation sites is 1. The molecule has 0 saturated heterocycles. The molecule has 1 rings (SSSR count). The van der Waals surface area contributed by atoms with Gasteiger partial charge in [-0.3, -0.25) is 0 Å². The van der Waals surface area contributed by atoms with Crippen molar-refractivity contribution in [1.82, 2.24) is 5.32 Å². The second-order valence-corrected chi connectivity index (χ2v) is 4.90. The number of hydrogen-bond acceptors (Lipinski definition) is 3. The molecule has 0 fully saturated rings. The Bertz CT molecular complexity index is 355. The van der Waals surface area contributed by atoms with Gasteiger partial charge in [0.2, 0.25) is 0 Å². The SMILES string of the molecule is CCC(C)Sc1ccccc1OC(=O)NC. The van der Waals surface area contributed by atoms with Gasteiger partial charge in [-0.25, -0.2) is 4.79 Å². The lowest BCUT2D eigenvalue weighted by atomic mass is 10.3. The minimum absolute atomic E-state index is 0.433. The van der Waals surface area contributed by atoms with Gasteiger partial charge in [0.25, 0.3) is 0 Å². The molecule has 1 aromatic rings. The van der Waals surface area contributed by atoms with Crippen LogP contribution in [0, 0.1) is 0 Å². The van der Waals surface area contributed by atoms with Crippen molar-refractivity contribution in [3.8, 4) is 5.75 Å². The summed E-state index contributed by atoms with van der Waals surface area (Å²) in [5.41, 5.74) is 0. The number of thioether (sulfide) groups is 1. The van der Waals surface area contributed by atoms with Gasteiger partial charge in [0.1, 0.15) is 5.75 Å². The quantitative estimate of drug-likeness (QED) is 0.819. The van der Waals surface area contributed by atoms with Gasteiger partial charge >= 0.3 is 6.09 Å². The van der Waals surface area contributed by atoms with Gasteiger partial charge in [-0.2, -0.15) is 0 Å². The minimum Gasteiger partial charge on any atom is -0.409 e. The van der Waals surface area contributed by atoms with Crippen molar-refractivity contribution in [1.29, 1.82) is 0 Å². The van der Waals surface area contributed by atoms with Gasteiger partial charge in [-0.05, 0) is 18.6 Å². The lowest BCUT2D eigenvalue weighted by Gasteiger charge is -2.12. The molecule has 1 unspecified atom stereocenters. The van der Waals surface area contributed by atoms with Crippen LogP contribution in [0.15, 0.2) is 29.2 Å². The Balaban J connectivity index is 2.79. The molecule has 3 nitrogen and oxygen atoms in total. The van der Waals surface area contributed by atoms with Gasteiger partial charge in [0.15, 0.2) is 0 Å². The summed E-state index contributed by atoms with van der Waals surface area (Å²) in [4.78, 5) is 12.1. The van der Waals surface area contributed by atoms with Crippen LogP contribution in [0.3, 0.4) is 0 Å². The third kappa shape index (κ3) is 3.77. The molecule has 0 radical (unpaired) electrons. The van der Waals surface area contributed by atoms with E-state index in [1.807, 2.05) is 18.2 Å². The Morgan fingerprint density at radius 2 is 2.19 bits per heavy atom. The molecule has 88 valence electrons. The number of benzene rings is 1. The maximum Gasteiger partial charge on any atom is 0.412 e. The second-order valence-electron chi connectivity index (χ2n) is 3.42. The number of nitrogens with one attached hydrogen (secondary N) is 1. The Kier molecular flexibility index (Phi) is 5.19. The van der Waals surface area contributed by atoms with Gasteiger partial charge in [-0.1, -0.05) is 26.0 Å². The van der Waals surface area contributed by atoms with E-state index in [1.54, 1.807) is 24.9 Å². The van der Waals surface area contributed by atoms with Crippen LogP contribution in [0.2, 0.25) is 0 Å². The first-order valence-corrected chi connectivity index (χ1v) is 6.20. The summed E-state index contributed by atoms with van der Waals surface area (Å²) in [6.45, 7) is 4.29. The smallest absolute Gasteiger partial charge is 0.409 e. The number of carbonyl (C=O) groups is 1. The van der Waals surface area contributed by atoms with Crippen molar-refractivity contribution < 1.29 is 9.53 Å². The maximum absolute atomic E-state index is 11.1. The summed E-state index contributed by atoms with van der Waals surface area (Å²) in [6.07, 6.45) is 0.649. The van der Waals surface area contributed by atoms with E-state index in [-0.39, 0.29) is 0 Å². The fraction of sp³-hybridized carbons (Fsp3) is 0.417. The molecule has 0 spiro atoms. The third-order valence-electron chi connectivity index (χ3n) is 2.16. The van der Waals surface area contributed by atoms with Crippen LogP contribution in [0.1, 0.15) is 20.3 Å². The lowest BCUT2D eigenvalue weighted by molar-refractivity contribution is 0.202. The van der Waals surface area contributed by atoms with Gasteiger partial charge in [0, 0.05) is 12.3 Å². The summed E-state index contributed by atoms with van der Waals surface area (Å²) < 4.78 is 5.17. The van der Waals surface area contributed by atoms with E-state index in [1.165, 1.54) is 0 Å². The Labute approximate surface area is 101 Å². The third-order valence-corrected chi connectivity index (χ3v) is 3.49. The average Bonchev–Trinajstić information content (AvgIpc) is 2.31. The molecule has 0 bridgehead atoms. The molecule has 1 atom stereocenters. The second kappa shape index (κ2) is 6.43. The van der Waals surface area contributed by atoms with E-state index in [2.05, 4.69) is 19.2 Å². The molecule has 1 N–H and O–H groups in total. The zero-order chi connectivity index (χ0) is 12.0. The average molecular weight is 239 g/mol. The summed E-state index contributed by atoms with van der Waals surface area (Å²) in [5, 5.41) is 2.95. The Morgan fingerprint density at radius 3 is 2.81 bits per heavy atom. The van der Waals surface area contributed by atoms with E-state index in [4.69, 9.17) is 4.74 Å². The van der Waals surface area contributed by atoms with Crippen molar-refractivity contribution in [3.63, 3.8) is 0 Å². The van der Waals surface area contributed by atoms with Crippen molar-refractivity contribution in [3.05, 3.63) is 24.3 Å². The number of hydrogen-bond donors (Lipinski definition) is 1. The molecule has 0 saturated carbocycles. The molecule has 0 aliphatic carbocycles. The zero-order valence-corrected chi connectivity index (χ0v) is 10.6. The molecule has 0 heterocycles. The molecular formula is C12H17NO2S. The molecule has 0 aromatic heterocycles. The summed E-state index contributed by atoms with van der Waals surface area (Å²) in [5.74, 6) is 0.618. The van der Waals surface area contributed by atoms with Crippen LogP contribution < -0.4 is 10.1 Å². The molecule has 16 heavy (non-hydrogen) atoms. The number of carbonyl (C=O) groups excluding carboxylic acids is 1.